The van der Waals surface area contributed by atoms with Crippen LogP contribution < -0.4 is 20.9 Å². The van der Waals surface area contributed by atoms with Crippen molar-refractivity contribution in [3.63, 3.8) is 0 Å². The SMILES string of the molecule is COc1ccc(NC(=O)CCC(=O)OCC(=O)NNC(=O)c2ccccc2Cl)cc1. The molecule has 0 aliphatic heterocycles. The van der Waals surface area contributed by atoms with Crippen LogP contribution in [0.15, 0.2) is 48.5 Å². The number of benzene rings is 2. The van der Waals surface area contributed by atoms with E-state index in [1.165, 1.54) is 19.2 Å². The lowest BCUT2D eigenvalue weighted by atomic mass is 10.2. The van der Waals surface area contributed by atoms with Crippen LogP contribution in [0.4, 0.5) is 5.69 Å². The Morgan fingerprint density at radius 2 is 1.60 bits per heavy atom. The van der Waals surface area contributed by atoms with Crippen LogP contribution in [0.25, 0.3) is 0 Å². The van der Waals surface area contributed by atoms with Gasteiger partial charge in [-0.2, -0.15) is 0 Å². The summed E-state index contributed by atoms with van der Waals surface area (Å²) in [4.78, 5) is 47.1. The molecule has 0 saturated carbocycles. The highest BCUT2D eigenvalue weighted by Gasteiger charge is 2.13. The minimum Gasteiger partial charge on any atom is -0.497 e. The van der Waals surface area contributed by atoms with Gasteiger partial charge in [0.25, 0.3) is 11.8 Å². The van der Waals surface area contributed by atoms with E-state index in [2.05, 4.69) is 16.2 Å². The zero-order chi connectivity index (χ0) is 21.9. The second kappa shape index (κ2) is 11.4. The summed E-state index contributed by atoms with van der Waals surface area (Å²) in [6.07, 6.45) is -0.322. The number of hydrogen-bond acceptors (Lipinski definition) is 6. The third-order valence-corrected chi connectivity index (χ3v) is 4.06. The second-order valence-corrected chi connectivity index (χ2v) is 6.33. The zero-order valence-electron chi connectivity index (χ0n) is 16.1. The predicted molar refractivity (Wildman–Crippen MR) is 109 cm³/mol. The first kappa shape index (κ1) is 22.7. The van der Waals surface area contributed by atoms with Gasteiger partial charge in [0.2, 0.25) is 5.91 Å². The summed E-state index contributed by atoms with van der Waals surface area (Å²) in [5, 5.41) is 2.85. The molecule has 0 aliphatic carbocycles. The van der Waals surface area contributed by atoms with Crippen molar-refractivity contribution in [3.05, 3.63) is 59.1 Å². The Kier molecular flexibility index (Phi) is 8.64. The lowest BCUT2D eigenvalue weighted by Crippen LogP contribution is -2.43. The van der Waals surface area contributed by atoms with E-state index in [0.717, 1.165) is 0 Å². The van der Waals surface area contributed by atoms with Crippen LogP contribution in [0.2, 0.25) is 5.02 Å². The molecule has 0 spiro atoms. The first-order chi connectivity index (χ1) is 14.4. The topological polar surface area (TPSA) is 123 Å². The van der Waals surface area contributed by atoms with Crippen molar-refractivity contribution in [2.45, 2.75) is 12.8 Å². The molecule has 0 saturated heterocycles. The van der Waals surface area contributed by atoms with E-state index < -0.39 is 24.4 Å². The van der Waals surface area contributed by atoms with E-state index in [1.807, 2.05) is 0 Å². The van der Waals surface area contributed by atoms with E-state index in [9.17, 15) is 19.2 Å². The lowest BCUT2D eigenvalue weighted by Gasteiger charge is -2.09. The highest BCUT2D eigenvalue weighted by molar-refractivity contribution is 6.33. The molecule has 0 aliphatic rings. The van der Waals surface area contributed by atoms with Gasteiger partial charge >= 0.3 is 5.97 Å². The first-order valence-electron chi connectivity index (χ1n) is 8.82. The third kappa shape index (κ3) is 7.44. The van der Waals surface area contributed by atoms with E-state index in [-0.39, 0.29) is 29.3 Å². The standard InChI is InChI=1S/C20H20ClN3O6/c1-29-14-8-6-13(7-9-14)22-17(25)10-11-19(27)30-12-18(26)23-24-20(28)15-4-2-3-5-16(15)21/h2-9H,10-12H2,1H3,(H,22,25)(H,23,26)(H,24,28). The molecule has 9 nitrogen and oxygen atoms in total. The van der Waals surface area contributed by atoms with Crippen LogP contribution in [0.5, 0.6) is 5.75 Å². The minimum atomic E-state index is -0.744. The van der Waals surface area contributed by atoms with Gasteiger partial charge in [-0.15, -0.1) is 0 Å². The summed E-state index contributed by atoms with van der Waals surface area (Å²) in [7, 11) is 1.53. The van der Waals surface area contributed by atoms with Gasteiger partial charge in [0.15, 0.2) is 6.61 Å². The van der Waals surface area contributed by atoms with Gasteiger partial charge in [0.05, 0.1) is 24.1 Å². The maximum Gasteiger partial charge on any atom is 0.306 e. The van der Waals surface area contributed by atoms with E-state index in [1.54, 1.807) is 36.4 Å². The van der Waals surface area contributed by atoms with Gasteiger partial charge in [-0.05, 0) is 36.4 Å². The number of nitrogens with one attached hydrogen (secondary N) is 3. The Morgan fingerprint density at radius 3 is 2.27 bits per heavy atom. The first-order valence-corrected chi connectivity index (χ1v) is 9.20. The summed E-state index contributed by atoms with van der Waals surface area (Å²) >= 11 is 5.88. The Balaban J connectivity index is 1.64. The number of rotatable bonds is 8. The summed E-state index contributed by atoms with van der Waals surface area (Å²) in [5.41, 5.74) is 5.01. The van der Waals surface area contributed by atoms with Gasteiger partial charge in [0.1, 0.15) is 5.75 Å². The average Bonchev–Trinajstić information content (AvgIpc) is 2.75. The molecular formula is C20H20ClN3O6. The fourth-order valence-corrected chi connectivity index (χ4v) is 2.43. The van der Waals surface area contributed by atoms with E-state index in [0.29, 0.717) is 11.4 Å². The molecule has 30 heavy (non-hydrogen) atoms. The molecule has 0 fully saturated rings. The number of carbonyl (C=O) groups excluding carboxylic acids is 4. The van der Waals surface area contributed by atoms with Gasteiger partial charge < -0.3 is 14.8 Å². The normalized spacial score (nSPS) is 9.93. The van der Waals surface area contributed by atoms with E-state index in [4.69, 9.17) is 21.1 Å². The molecule has 3 N–H and O–H groups in total. The van der Waals surface area contributed by atoms with Crippen LogP contribution in [-0.2, 0) is 19.1 Å². The monoisotopic (exact) mass is 433 g/mol. The van der Waals surface area contributed by atoms with Crippen molar-refractivity contribution in [2.24, 2.45) is 0 Å². The maximum atomic E-state index is 11.9. The lowest BCUT2D eigenvalue weighted by molar-refractivity contribution is -0.149. The summed E-state index contributed by atoms with van der Waals surface area (Å²) in [6.45, 7) is -0.609. The Labute approximate surface area is 177 Å². The third-order valence-electron chi connectivity index (χ3n) is 3.73. The smallest absolute Gasteiger partial charge is 0.306 e. The highest BCUT2D eigenvalue weighted by atomic mass is 35.5. The molecule has 3 amide bonds. The number of halogens is 1. The predicted octanol–water partition coefficient (Wildman–Crippen LogP) is 2.07. The Morgan fingerprint density at radius 1 is 0.900 bits per heavy atom. The number of ether oxygens (including phenoxy) is 2. The van der Waals surface area contributed by atoms with Crippen LogP contribution in [0.3, 0.4) is 0 Å². The molecule has 0 bridgehead atoms. The van der Waals surface area contributed by atoms with Crippen LogP contribution >= 0.6 is 11.6 Å². The summed E-state index contributed by atoms with van der Waals surface area (Å²) in [6, 6.07) is 13.0. The van der Waals surface area contributed by atoms with Gasteiger partial charge in [-0.1, -0.05) is 23.7 Å². The molecule has 0 atom stereocenters. The molecule has 0 radical (unpaired) electrons. The number of hydrogen-bond donors (Lipinski definition) is 3. The van der Waals surface area contributed by atoms with Crippen molar-refractivity contribution >= 4 is 41.0 Å². The van der Waals surface area contributed by atoms with Crippen LogP contribution in [0, 0.1) is 0 Å². The Bertz CT molecular complexity index is 917. The molecule has 2 rings (SSSR count). The van der Waals surface area contributed by atoms with Crippen LogP contribution in [0.1, 0.15) is 23.2 Å². The number of methoxy groups -OCH3 is 1. The van der Waals surface area contributed by atoms with Gasteiger partial charge in [-0.25, -0.2) is 0 Å². The number of esters is 1. The zero-order valence-corrected chi connectivity index (χ0v) is 16.8. The van der Waals surface area contributed by atoms with Crippen molar-refractivity contribution in [1.82, 2.24) is 10.9 Å². The summed E-state index contributed by atoms with van der Waals surface area (Å²) < 4.78 is 9.79. The fourth-order valence-electron chi connectivity index (χ4n) is 2.21. The minimum absolute atomic E-state index is 0.115. The largest absolute Gasteiger partial charge is 0.497 e. The van der Waals surface area contributed by atoms with Gasteiger partial charge in [-0.3, -0.25) is 30.0 Å². The molecule has 10 heteroatoms. The van der Waals surface area contributed by atoms with Crippen molar-refractivity contribution in [3.8, 4) is 5.75 Å². The van der Waals surface area contributed by atoms with E-state index >= 15 is 0 Å². The number of hydrazine groups is 1. The van der Waals surface area contributed by atoms with Crippen molar-refractivity contribution in [2.75, 3.05) is 19.0 Å². The molecule has 158 valence electrons. The van der Waals surface area contributed by atoms with Crippen molar-refractivity contribution < 1.29 is 28.7 Å². The molecule has 0 heterocycles. The quantitative estimate of drug-likeness (QED) is 0.432. The molecule has 0 aromatic heterocycles. The maximum absolute atomic E-state index is 11.9. The molecule has 2 aromatic carbocycles. The molecule has 2 aromatic rings. The molecular weight excluding hydrogens is 414 g/mol. The van der Waals surface area contributed by atoms with Crippen molar-refractivity contribution in [1.29, 1.82) is 0 Å². The second-order valence-electron chi connectivity index (χ2n) is 5.92. The van der Waals surface area contributed by atoms with Crippen LogP contribution in [-0.4, -0.2) is 37.4 Å². The fraction of sp³-hybridized carbons (Fsp3) is 0.200. The number of anilines is 1. The summed E-state index contributed by atoms with van der Waals surface area (Å²) in [5.74, 6) is -1.82. The number of carbonyl (C=O) groups is 4. The molecule has 0 unspecified atom stereocenters. The average molecular weight is 434 g/mol. The van der Waals surface area contributed by atoms with Gasteiger partial charge in [0, 0.05) is 12.1 Å². The Hall–Kier alpha value is -3.59. The highest BCUT2D eigenvalue weighted by Crippen LogP contribution is 2.15. The number of amides is 3.